The lowest BCUT2D eigenvalue weighted by atomic mass is 9.88. The van der Waals surface area contributed by atoms with Crippen LogP contribution in [0.4, 0.5) is 8.78 Å². The van der Waals surface area contributed by atoms with E-state index in [1.54, 1.807) is 13.1 Å². The molecule has 3 aromatic heterocycles. The number of nitrogens with zero attached hydrogens (tertiary/aromatic N) is 4. The highest BCUT2D eigenvalue weighted by molar-refractivity contribution is 5.92. The fraction of sp³-hybridized carbons (Fsp3) is 0.409. The van der Waals surface area contributed by atoms with E-state index in [0.29, 0.717) is 24.3 Å². The number of ether oxygens (including phenoxy) is 2. The highest BCUT2D eigenvalue weighted by Crippen LogP contribution is 2.33. The molecule has 0 aliphatic heterocycles. The third-order valence-corrected chi connectivity index (χ3v) is 5.38. The van der Waals surface area contributed by atoms with Crippen LogP contribution in [0.3, 0.4) is 0 Å². The van der Waals surface area contributed by atoms with Crippen molar-refractivity contribution in [3.63, 3.8) is 0 Å². The summed E-state index contributed by atoms with van der Waals surface area (Å²) in [6.45, 7) is 3.07. The van der Waals surface area contributed by atoms with Gasteiger partial charge in [0.25, 0.3) is 12.3 Å². The van der Waals surface area contributed by atoms with Gasteiger partial charge in [-0.2, -0.15) is 0 Å². The van der Waals surface area contributed by atoms with Gasteiger partial charge in [0, 0.05) is 17.5 Å². The van der Waals surface area contributed by atoms with Gasteiger partial charge in [0.1, 0.15) is 36.1 Å². The minimum absolute atomic E-state index is 0.0295. The molecule has 0 bridgehead atoms. The topological polar surface area (TPSA) is 112 Å². The van der Waals surface area contributed by atoms with E-state index in [1.165, 1.54) is 12.4 Å². The number of halogens is 2. The van der Waals surface area contributed by atoms with Crippen molar-refractivity contribution in [2.75, 3.05) is 6.61 Å². The van der Waals surface area contributed by atoms with Crippen LogP contribution in [0.5, 0.6) is 5.88 Å². The number of pyridine rings is 1. The molecule has 0 radical (unpaired) electrons. The molecule has 1 aliphatic rings. The molecule has 3 aromatic rings. The fourth-order valence-corrected chi connectivity index (χ4v) is 3.35. The number of carbonyl (C=O) groups excluding carboxylic acids is 1. The van der Waals surface area contributed by atoms with Crippen LogP contribution in [-0.4, -0.2) is 44.8 Å². The first-order chi connectivity index (χ1) is 15.8. The van der Waals surface area contributed by atoms with Gasteiger partial charge in [-0.3, -0.25) is 9.78 Å². The van der Waals surface area contributed by atoms with E-state index < -0.39 is 24.7 Å². The van der Waals surface area contributed by atoms with Gasteiger partial charge in [0.2, 0.25) is 5.88 Å². The molecule has 33 heavy (non-hydrogen) atoms. The highest BCUT2D eigenvalue weighted by Gasteiger charge is 2.40. The summed E-state index contributed by atoms with van der Waals surface area (Å²) in [6.07, 6.45) is 3.41. The molecular weight excluding hydrogens is 436 g/mol. The Bertz CT molecular complexity index is 1100. The fourth-order valence-electron chi connectivity index (χ4n) is 3.35. The number of amides is 1. The lowest BCUT2D eigenvalue weighted by molar-refractivity contribution is -0.142. The van der Waals surface area contributed by atoms with Gasteiger partial charge in [-0.15, -0.1) is 0 Å². The van der Waals surface area contributed by atoms with Crippen LogP contribution in [0.1, 0.15) is 46.8 Å². The molecule has 0 aromatic carbocycles. The molecule has 0 spiro atoms. The van der Waals surface area contributed by atoms with E-state index in [4.69, 9.17) is 14.0 Å². The highest BCUT2D eigenvalue weighted by atomic mass is 19.3. The molecule has 1 fully saturated rings. The summed E-state index contributed by atoms with van der Waals surface area (Å²) in [7, 11) is 0. The van der Waals surface area contributed by atoms with Gasteiger partial charge < -0.3 is 19.3 Å². The molecule has 1 aliphatic carbocycles. The van der Waals surface area contributed by atoms with Crippen molar-refractivity contribution in [2.24, 2.45) is 0 Å². The van der Waals surface area contributed by atoms with Crippen molar-refractivity contribution in [3.05, 3.63) is 53.4 Å². The normalized spacial score (nSPS) is 14.7. The molecule has 3 heterocycles. The zero-order valence-corrected chi connectivity index (χ0v) is 18.2. The van der Waals surface area contributed by atoms with E-state index in [-0.39, 0.29) is 18.2 Å². The molecule has 0 unspecified atom stereocenters. The first kappa shape index (κ1) is 22.7. The molecule has 4 rings (SSSR count). The standard InChI is InChI=1S/C22H23F2N5O4/c1-13-4-5-15(8-25-13)20-16(14(2)33-29-20)11-31-19-10-26-17(9-27-19)21(30)28-22(6-3-7-22)32-12-18(23)24/h4-5,8-10,18H,3,6-7,11-12H2,1-2H3,(H,28,30). The second kappa shape index (κ2) is 9.57. The summed E-state index contributed by atoms with van der Waals surface area (Å²) in [6, 6.07) is 3.78. The second-order valence-electron chi connectivity index (χ2n) is 7.79. The summed E-state index contributed by atoms with van der Waals surface area (Å²) in [4.78, 5) is 25.0. The number of alkyl halides is 2. The second-order valence-corrected chi connectivity index (χ2v) is 7.79. The van der Waals surface area contributed by atoms with Gasteiger partial charge in [0.15, 0.2) is 0 Å². The Hall–Kier alpha value is -3.47. The summed E-state index contributed by atoms with van der Waals surface area (Å²) in [5.41, 5.74) is 2.01. The van der Waals surface area contributed by atoms with Crippen LogP contribution in [0.25, 0.3) is 11.3 Å². The third-order valence-electron chi connectivity index (χ3n) is 5.38. The first-order valence-corrected chi connectivity index (χ1v) is 10.4. The van der Waals surface area contributed by atoms with Crippen molar-refractivity contribution < 1.29 is 27.6 Å². The van der Waals surface area contributed by atoms with E-state index in [9.17, 15) is 13.6 Å². The van der Waals surface area contributed by atoms with Gasteiger partial charge in [-0.05, 0) is 45.2 Å². The van der Waals surface area contributed by atoms with Crippen molar-refractivity contribution in [1.82, 2.24) is 25.4 Å². The SMILES string of the molecule is Cc1ccc(-c2noc(C)c2COc2cnc(C(=O)NC3(OCC(F)F)CCC3)cn2)cn1. The zero-order valence-electron chi connectivity index (χ0n) is 18.2. The predicted molar refractivity (Wildman–Crippen MR) is 112 cm³/mol. The van der Waals surface area contributed by atoms with Gasteiger partial charge in [-0.25, -0.2) is 18.7 Å². The van der Waals surface area contributed by atoms with Crippen molar-refractivity contribution in [3.8, 4) is 17.1 Å². The van der Waals surface area contributed by atoms with Crippen LogP contribution in [0.2, 0.25) is 0 Å². The summed E-state index contributed by atoms with van der Waals surface area (Å²) in [5, 5.41) is 6.74. The van der Waals surface area contributed by atoms with Crippen molar-refractivity contribution in [1.29, 1.82) is 0 Å². The average Bonchev–Trinajstić information content (AvgIpc) is 3.15. The monoisotopic (exact) mass is 459 g/mol. The number of nitrogens with one attached hydrogen (secondary N) is 1. The quantitative estimate of drug-likeness (QED) is 0.483. The molecule has 11 heteroatoms. The minimum atomic E-state index is -2.60. The largest absolute Gasteiger partial charge is 0.471 e. The molecule has 1 amide bonds. The Morgan fingerprint density at radius 2 is 2.00 bits per heavy atom. The molecule has 174 valence electrons. The predicted octanol–water partition coefficient (Wildman–Crippen LogP) is 3.61. The maximum absolute atomic E-state index is 12.5. The zero-order chi connectivity index (χ0) is 23.4. The summed E-state index contributed by atoms with van der Waals surface area (Å²) < 4.78 is 41.2. The van der Waals surface area contributed by atoms with E-state index >= 15 is 0 Å². The van der Waals surface area contributed by atoms with Crippen LogP contribution in [-0.2, 0) is 11.3 Å². The Labute approximate surface area is 188 Å². The molecule has 0 saturated heterocycles. The lowest BCUT2D eigenvalue weighted by Crippen LogP contribution is -2.56. The van der Waals surface area contributed by atoms with Gasteiger partial charge in [-0.1, -0.05) is 5.16 Å². The average molecular weight is 459 g/mol. The Morgan fingerprint density at radius 3 is 2.61 bits per heavy atom. The molecule has 1 N–H and O–H groups in total. The van der Waals surface area contributed by atoms with Crippen LogP contribution in [0.15, 0.2) is 35.2 Å². The first-order valence-electron chi connectivity index (χ1n) is 10.4. The number of rotatable bonds is 9. The molecule has 9 nitrogen and oxygen atoms in total. The number of hydrogen-bond donors (Lipinski definition) is 1. The van der Waals surface area contributed by atoms with Crippen LogP contribution in [0, 0.1) is 13.8 Å². The van der Waals surface area contributed by atoms with E-state index in [1.807, 2.05) is 19.1 Å². The van der Waals surface area contributed by atoms with E-state index in [0.717, 1.165) is 23.2 Å². The maximum atomic E-state index is 12.5. The van der Waals surface area contributed by atoms with Crippen molar-refractivity contribution >= 4 is 5.91 Å². The number of carbonyl (C=O) groups is 1. The van der Waals surface area contributed by atoms with Crippen molar-refractivity contribution in [2.45, 2.75) is 51.9 Å². The van der Waals surface area contributed by atoms with E-state index in [2.05, 4.69) is 25.4 Å². The third kappa shape index (κ3) is 5.30. The Balaban J connectivity index is 1.38. The van der Waals surface area contributed by atoms with Gasteiger partial charge >= 0.3 is 0 Å². The number of aryl methyl sites for hydroxylation is 2. The van der Waals surface area contributed by atoms with Gasteiger partial charge in [0.05, 0.1) is 18.0 Å². The van der Waals surface area contributed by atoms with Crippen LogP contribution < -0.4 is 10.1 Å². The molecular formula is C22H23F2N5O4. The molecule has 1 saturated carbocycles. The molecule has 0 atom stereocenters. The Morgan fingerprint density at radius 1 is 1.18 bits per heavy atom. The smallest absolute Gasteiger partial charge is 0.273 e. The lowest BCUT2D eigenvalue weighted by Gasteiger charge is -2.41. The maximum Gasteiger partial charge on any atom is 0.273 e. The minimum Gasteiger partial charge on any atom is -0.471 e. The summed E-state index contributed by atoms with van der Waals surface area (Å²) >= 11 is 0. The number of aromatic nitrogens is 4. The number of hydrogen-bond acceptors (Lipinski definition) is 8. The van der Waals surface area contributed by atoms with Crippen LogP contribution >= 0.6 is 0 Å². The summed E-state index contributed by atoms with van der Waals surface area (Å²) in [5.74, 6) is 0.253. The Kier molecular flexibility index (Phi) is 6.59.